The van der Waals surface area contributed by atoms with E-state index in [0.29, 0.717) is 18.8 Å². The number of aryl methyl sites for hydroxylation is 1. The number of hydrogen-bond donors (Lipinski definition) is 2. The molecular weight excluding hydrogens is 360 g/mol. The molecule has 2 aromatic rings. The van der Waals surface area contributed by atoms with Gasteiger partial charge in [0.25, 0.3) is 5.91 Å². The molecule has 2 N–H and O–H groups in total. The van der Waals surface area contributed by atoms with Crippen LogP contribution in [0.3, 0.4) is 0 Å². The molecule has 1 aromatic carbocycles. The van der Waals surface area contributed by atoms with Crippen molar-refractivity contribution in [2.45, 2.75) is 66.3 Å². The monoisotopic (exact) mass is 390 g/mol. The second kappa shape index (κ2) is 8.95. The summed E-state index contributed by atoms with van der Waals surface area (Å²) in [5.74, 6) is 1.15. The van der Waals surface area contributed by atoms with Crippen LogP contribution in [0.5, 0.6) is 5.75 Å². The van der Waals surface area contributed by atoms with Gasteiger partial charge in [0.1, 0.15) is 17.2 Å². The van der Waals surface area contributed by atoms with E-state index in [4.69, 9.17) is 9.47 Å². The third-order valence-corrected chi connectivity index (χ3v) is 3.94. The van der Waals surface area contributed by atoms with Crippen LogP contribution in [0.25, 0.3) is 11.0 Å². The quantitative estimate of drug-likeness (QED) is 0.758. The molecule has 0 saturated carbocycles. The maximum atomic E-state index is 11.9. The minimum absolute atomic E-state index is 0.158. The average Bonchev–Trinajstić information content (AvgIpc) is 2.95. The van der Waals surface area contributed by atoms with Gasteiger partial charge in [-0.25, -0.2) is 9.78 Å². The molecule has 0 aliphatic rings. The van der Waals surface area contributed by atoms with Crippen LogP contribution >= 0.6 is 0 Å². The van der Waals surface area contributed by atoms with Gasteiger partial charge < -0.3 is 24.7 Å². The van der Waals surface area contributed by atoms with Crippen molar-refractivity contribution in [3.05, 3.63) is 24.0 Å². The van der Waals surface area contributed by atoms with E-state index >= 15 is 0 Å². The van der Waals surface area contributed by atoms with Crippen molar-refractivity contribution in [2.24, 2.45) is 0 Å². The zero-order valence-corrected chi connectivity index (χ0v) is 17.5. The Morgan fingerprint density at radius 2 is 1.93 bits per heavy atom. The summed E-state index contributed by atoms with van der Waals surface area (Å²) in [6.45, 7) is 12.5. The molecule has 0 aliphatic carbocycles. The first-order valence-corrected chi connectivity index (χ1v) is 9.55. The van der Waals surface area contributed by atoms with E-state index in [1.165, 1.54) is 0 Å². The largest absolute Gasteiger partial charge is 0.481 e. The summed E-state index contributed by atoms with van der Waals surface area (Å²) in [6.07, 6.45) is -1.08. The number of aromatic nitrogens is 2. The van der Waals surface area contributed by atoms with Crippen molar-refractivity contribution >= 4 is 23.0 Å². The number of rotatable bonds is 7. The number of likely N-dealkylation sites (N-methyl/N-ethyl adjacent to an activating group) is 1. The molecule has 0 spiro atoms. The van der Waals surface area contributed by atoms with Gasteiger partial charge in [0.2, 0.25) is 0 Å². The van der Waals surface area contributed by atoms with E-state index in [1.54, 1.807) is 13.0 Å². The number of hydrogen-bond acceptors (Lipinski definition) is 5. The summed E-state index contributed by atoms with van der Waals surface area (Å²) in [6, 6.07) is 5.49. The Kier molecular flexibility index (Phi) is 6.88. The minimum Gasteiger partial charge on any atom is -0.481 e. The first kappa shape index (κ1) is 21.5. The molecule has 1 heterocycles. The standard InChI is InChI=1S/C20H30N4O4/c1-7-21-18(25)13(3)27-14-9-10-15-16(11-14)24(8-2)17(23-15)12-22-19(26)28-20(4,5)6/h9-11,13H,7-8,12H2,1-6H3,(H,21,25)(H,22,26). The van der Waals surface area contributed by atoms with E-state index in [1.807, 2.05) is 51.3 Å². The molecule has 28 heavy (non-hydrogen) atoms. The fraction of sp³-hybridized carbons (Fsp3) is 0.550. The number of carbonyl (C=O) groups is 2. The van der Waals surface area contributed by atoms with Gasteiger partial charge in [-0.2, -0.15) is 0 Å². The summed E-state index contributed by atoms with van der Waals surface area (Å²) in [5.41, 5.74) is 1.12. The van der Waals surface area contributed by atoms with Gasteiger partial charge in [0, 0.05) is 19.2 Å². The number of ether oxygens (including phenoxy) is 2. The van der Waals surface area contributed by atoms with Crippen LogP contribution in [0.15, 0.2) is 18.2 Å². The summed E-state index contributed by atoms with van der Waals surface area (Å²) >= 11 is 0. The van der Waals surface area contributed by atoms with Crippen LogP contribution in [-0.4, -0.2) is 39.8 Å². The summed E-state index contributed by atoms with van der Waals surface area (Å²) in [7, 11) is 0. The van der Waals surface area contributed by atoms with E-state index in [9.17, 15) is 9.59 Å². The van der Waals surface area contributed by atoms with Crippen LogP contribution < -0.4 is 15.4 Å². The van der Waals surface area contributed by atoms with E-state index < -0.39 is 17.8 Å². The zero-order valence-electron chi connectivity index (χ0n) is 17.5. The highest BCUT2D eigenvalue weighted by atomic mass is 16.6. The topological polar surface area (TPSA) is 94.5 Å². The van der Waals surface area contributed by atoms with Gasteiger partial charge in [0.15, 0.2) is 6.10 Å². The number of carbonyl (C=O) groups excluding carboxylic acids is 2. The van der Waals surface area contributed by atoms with Gasteiger partial charge in [-0.3, -0.25) is 4.79 Å². The third-order valence-electron chi connectivity index (χ3n) is 3.94. The molecule has 0 radical (unpaired) electrons. The number of alkyl carbamates (subject to hydrolysis) is 1. The predicted octanol–water partition coefficient (Wildman–Crippen LogP) is 2.98. The highest BCUT2D eigenvalue weighted by Crippen LogP contribution is 2.23. The lowest BCUT2D eigenvalue weighted by atomic mass is 10.2. The molecule has 0 aliphatic heterocycles. The molecule has 0 bridgehead atoms. The molecule has 2 amide bonds. The molecule has 1 atom stereocenters. The minimum atomic E-state index is -0.594. The van der Waals surface area contributed by atoms with Gasteiger partial charge in [-0.1, -0.05) is 0 Å². The summed E-state index contributed by atoms with van der Waals surface area (Å²) in [5, 5.41) is 5.48. The van der Waals surface area contributed by atoms with Crippen molar-refractivity contribution in [2.75, 3.05) is 6.54 Å². The third kappa shape index (κ3) is 5.61. The number of benzene rings is 1. The first-order valence-electron chi connectivity index (χ1n) is 9.55. The van der Waals surface area contributed by atoms with Crippen molar-refractivity contribution in [3.63, 3.8) is 0 Å². The summed E-state index contributed by atoms with van der Waals surface area (Å²) < 4.78 is 13.0. The predicted molar refractivity (Wildman–Crippen MR) is 107 cm³/mol. The van der Waals surface area contributed by atoms with Gasteiger partial charge in [-0.05, 0) is 53.7 Å². The van der Waals surface area contributed by atoms with Crippen LogP contribution in [-0.2, 0) is 22.6 Å². The fourth-order valence-corrected chi connectivity index (χ4v) is 2.75. The molecule has 2 rings (SSSR count). The smallest absolute Gasteiger partial charge is 0.408 e. The fourth-order valence-electron chi connectivity index (χ4n) is 2.75. The van der Waals surface area contributed by atoms with E-state index in [-0.39, 0.29) is 12.5 Å². The normalized spacial score (nSPS) is 12.5. The Hall–Kier alpha value is -2.77. The van der Waals surface area contributed by atoms with Gasteiger partial charge in [0.05, 0.1) is 17.6 Å². The molecule has 8 heteroatoms. The molecule has 0 saturated heterocycles. The lowest BCUT2D eigenvalue weighted by Crippen LogP contribution is -2.36. The van der Waals surface area contributed by atoms with Crippen LogP contribution in [0.2, 0.25) is 0 Å². The second-order valence-electron chi connectivity index (χ2n) is 7.43. The molecule has 1 aromatic heterocycles. The Morgan fingerprint density at radius 1 is 1.21 bits per heavy atom. The SMILES string of the molecule is CCNC(=O)C(C)Oc1ccc2nc(CNC(=O)OC(C)(C)C)n(CC)c2c1. The highest BCUT2D eigenvalue weighted by Gasteiger charge is 2.18. The Labute approximate surface area is 165 Å². The molecule has 8 nitrogen and oxygen atoms in total. The van der Waals surface area contributed by atoms with Crippen LogP contribution in [0, 0.1) is 0 Å². The number of nitrogens with zero attached hydrogens (tertiary/aromatic N) is 2. The van der Waals surface area contributed by atoms with Crippen LogP contribution in [0.4, 0.5) is 4.79 Å². The Morgan fingerprint density at radius 3 is 2.54 bits per heavy atom. The lowest BCUT2D eigenvalue weighted by Gasteiger charge is -2.19. The number of amides is 2. The average molecular weight is 390 g/mol. The number of fused-ring (bicyclic) bond motifs is 1. The molecule has 0 fully saturated rings. The lowest BCUT2D eigenvalue weighted by molar-refractivity contribution is -0.127. The van der Waals surface area contributed by atoms with Crippen molar-refractivity contribution in [1.29, 1.82) is 0 Å². The number of imidazole rings is 1. The number of nitrogens with one attached hydrogen (secondary N) is 2. The van der Waals surface area contributed by atoms with E-state index in [2.05, 4.69) is 15.6 Å². The Balaban J connectivity index is 2.17. The van der Waals surface area contributed by atoms with Gasteiger partial charge in [-0.15, -0.1) is 0 Å². The van der Waals surface area contributed by atoms with Crippen molar-refractivity contribution in [1.82, 2.24) is 20.2 Å². The highest BCUT2D eigenvalue weighted by molar-refractivity contribution is 5.81. The van der Waals surface area contributed by atoms with E-state index in [0.717, 1.165) is 16.9 Å². The van der Waals surface area contributed by atoms with Gasteiger partial charge >= 0.3 is 6.09 Å². The molecular formula is C20H30N4O4. The molecule has 1 unspecified atom stereocenters. The maximum absolute atomic E-state index is 11.9. The maximum Gasteiger partial charge on any atom is 0.408 e. The Bertz CT molecular complexity index is 839. The summed E-state index contributed by atoms with van der Waals surface area (Å²) in [4.78, 5) is 28.4. The van der Waals surface area contributed by atoms with Crippen molar-refractivity contribution in [3.8, 4) is 5.75 Å². The zero-order chi connectivity index (χ0) is 20.9. The van der Waals surface area contributed by atoms with Crippen LogP contribution in [0.1, 0.15) is 47.4 Å². The first-order chi connectivity index (χ1) is 13.1. The second-order valence-corrected chi connectivity index (χ2v) is 7.43. The molecule has 154 valence electrons. The van der Waals surface area contributed by atoms with Crippen molar-refractivity contribution < 1.29 is 19.1 Å².